The van der Waals surface area contributed by atoms with Crippen LogP contribution in [0.4, 0.5) is 0 Å². The van der Waals surface area contributed by atoms with Crippen LogP contribution in [0.25, 0.3) is 10.9 Å². The van der Waals surface area contributed by atoms with E-state index in [0.717, 1.165) is 28.8 Å². The molecule has 1 aromatic heterocycles. The summed E-state index contributed by atoms with van der Waals surface area (Å²) >= 11 is 6.04. The Kier molecular flexibility index (Phi) is 4.64. The number of fused-ring (bicyclic) bond motifs is 1. The molecule has 3 rings (SSSR count). The van der Waals surface area contributed by atoms with E-state index in [1.807, 2.05) is 24.4 Å². The number of H-pyrrole nitrogens is 1. The predicted molar refractivity (Wildman–Crippen MR) is 92.9 cm³/mol. The molecule has 0 radical (unpaired) electrons. The molecule has 2 N–H and O–H groups in total. The molecule has 5 heteroatoms. The first kappa shape index (κ1) is 16.3. The average molecular weight is 335 g/mol. The van der Waals surface area contributed by atoms with E-state index in [-0.39, 0.29) is 17.2 Å². The zero-order valence-electron chi connectivity index (χ0n) is 13.6. The second kappa shape index (κ2) is 6.54. The first-order chi connectivity index (χ1) is 11.0. The van der Waals surface area contributed by atoms with Crippen LogP contribution in [0.15, 0.2) is 24.4 Å². The lowest BCUT2D eigenvalue weighted by atomic mass is 9.84. The minimum absolute atomic E-state index is 0.0846. The standard InChI is InChI=1S/C18H23ClN2O2/c1-18(2,11-21-17(22)12-5-7-23-8-6-12)15-10-20-16-9-13(19)3-4-14(15)16/h3-4,9-10,12,20H,5-8,11H2,1-2H3,(H,21,22). The Labute approximate surface area is 141 Å². The quantitative estimate of drug-likeness (QED) is 0.896. The molecule has 2 heterocycles. The van der Waals surface area contributed by atoms with Gasteiger partial charge in [0.2, 0.25) is 5.91 Å². The van der Waals surface area contributed by atoms with Gasteiger partial charge in [-0.2, -0.15) is 0 Å². The van der Waals surface area contributed by atoms with Gasteiger partial charge in [-0.25, -0.2) is 0 Å². The molecule has 124 valence electrons. The van der Waals surface area contributed by atoms with Gasteiger partial charge in [-0.3, -0.25) is 4.79 Å². The van der Waals surface area contributed by atoms with E-state index in [4.69, 9.17) is 16.3 Å². The fourth-order valence-corrected chi connectivity index (χ4v) is 3.34. The summed E-state index contributed by atoms with van der Waals surface area (Å²) in [6.45, 7) is 6.27. The summed E-state index contributed by atoms with van der Waals surface area (Å²) in [6.07, 6.45) is 3.65. The first-order valence-electron chi connectivity index (χ1n) is 8.10. The number of nitrogens with one attached hydrogen (secondary N) is 2. The maximum atomic E-state index is 12.3. The molecule has 1 aliphatic heterocycles. The van der Waals surface area contributed by atoms with Crippen LogP contribution in [0.3, 0.4) is 0 Å². The largest absolute Gasteiger partial charge is 0.381 e. The lowest BCUT2D eigenvalue weighted by molar-refractivity contribution is -0.128. The number of hydrogen-bond donors (Lipinski definition) is 2. The van der Waals surface area contributed by atoms with Gasteiger partial charge in [0.15, 0.2) is 0 Å². The minimum atomic E-state index is -0.160. The second-order valence-electron chi connectivity index (χ2n) is 6.88. The van der Waals surface area contributed by atoms with Gasteiger partial charge < -0.3 is 15.0 Å². The van der Waals surface area contributed by atoms with Crippen molar-refractivity contribution in [3.8, 4) is 0 Å². The summed E-state index contributed by atoms with van der Waals surface area (Å²) in [5.41, 5.74) is 2.06. The van der Waals surface area contributed by atoms with Crippen molar-refractivity contribution in [3.05, 3.63) is 35.0 Å². The van der Waals surface area contributed by atoms with Crippen LogP contribution < -0.4 is 5.32 Å². The lowest BCUT2D eigenvalue weighted by Crippen LogP contribution is -2.41. The molecule has 1 aromatic carbocycles. The number of halogens is 1. The predicted octanol–water partition coefficient (Wildman–Crippen LogP) is 3.64. The summed E-state index contributed by atoms with van der Waals surface area (Å²) in [6, 6.07) is 5.86. The highest BCUT2D eigenvalue weighted by molar-refractivity contribution is 6.31. The van der Waals surface area contributed by atoms with Crippen molar-refractivity contribution in [2.45, 2.75) is 32.1 Å². The number of amides is 1. The Morgan fingerprint density at radius 1 is 1.39 bits per heavy atom. The molecule has 1 aliphatic rings. The Balaban J connectivity index is 1.71. The van der Waals surface area contributed by atoms with Gasteiger partial charge in [0.05, 0.1) is 0 Å². The highest BCUT2D eigenvalue weighted by Crippen LogP contribution is 2.31. The van der Waals surface area contributed by atoms with Crippen molar-refractivity contribution < 1.29 is 9.53 Å². The molecule has 2 aromatic rings. The van der Waals surface area contributed by atoms with Crippen LogP contribution in [0.1, 0.15) is 32.3 Å². The van der Waals surface area contributed by atoms with Gasteiger partial charge in [0, 0.05) is 53.2 Å². The van der Waals surface area contributed by atoms with Gasteiger partial charge in [-0.05, 0) is 30.5 Å². The van der Waals surface area contributed by atoms with Crippen molar-refractivity contribution in [1.82, 2.24) is 10.3 Å². The molecule has 0 aliphatic carbocycles. The van der Waals surface area contributed by atoms with Gasteiger partial charge in [0.1, 0.15) is 0 Å². The Bertz CT molecular complexity index is 702. The average Bonchev–Trinajstić information content (AvgIpc) is 2.97. The molecular formula is C18H23ClN2O2. The zero-order chi connectivity index (χ0) is 16.4. The third-order valence-corrected chi connectivity index (χ3v) is 4.90. The van der Waals surface area contributed by atoms with Crippen molar-refractivity contribution in [2.24, 2.45) is 5.92 Å². The zero-order valence-corrected chi connectivity index (χ0v) is 14.4. The molecule has 0 spiro atoms. The van der Waals surface area contributed by atoms with E-state index in [1.165, 1.54) is 5.56 Å². The third kappa shape index (κ3) is 3.54. The Morgan fingerprint density at radius 3 is 2.87 bits per heavy atom. The van der Waals surface area contributed by atoms with E-state index >= 15 is 0 Å². The Hall–Kier alpha value is -1.52. The number of aromatic nitrogens is 1. The van der Waals surface area contributed by atoms with Crippen LogP contribution in [0, 0.1) is 5.92 Å². The molecule has 1 amide bonds. The van der Waals surface area contributed by atoms with Gasteiger partial charge >= 0.3 is 0 Å². The van der Waals surface area contributed by atoms with Crippen molar-refractivity contribution in [1.29, 1.82) is 0 Å². The van der Waals surface area contributed by atoms with Crippen molar-refractivity contribution in [2.75, 3.05) is 19.8 Å². The summed E-state index contributed by atoms with van der Waals surface area (Å²) in [5, 5.41) is 4.99. The number of ether oxygens (including phenoxy) is 1. The molecule has 0 atom stereocenters. The number of aromatic amines is 1. The molecule has 4 nitrogen and oxygen atoms in total. The topological polar surface area (TPSA) is 54.1 Å². The number of rotatable bonds is 4. The van der Waals surface area contributed by atoms with Crippen LogP contribution >= 0.6 is 11.6 Å². The third-order valence-electron chi connectivity index (χ3n) is 4.67. The molecule has 1 saturated heterocycles. The normalized spacial score (nSPS) is 16.7. The monoisotopic (exact) mass is 334 g/mol. The highest BCUT2D eigenvalue weighted by atomic mass is 35.5. The summed E-state index contributed by atoms with van der Waals surface area (Å²) < 4.78 is 5.32. The van der Waals surface area contributed by atoms with Crippen molar-refractivity contribution in [3.63, 3.8) is 0 Å². The molecule has 0 unspecified atom stereocenters. The molecule has 0 saturated carbocycles. The highest BCUT2D eigenvalue weighted by Gasteiger charge is 2.27. The number of carbonyl (C=O) groups is 1. The van der Waals surface area contributed by atoms with Crippen LogP contribution in [0.5, 0.6) is 0 Å². The van der Waals surface area contributed by atoms with Gasteiger partial charge in [0.25, 0.3) is 0 Å². The Morgan fingerprint density at radius 2 is 2.13 bits per heavy atom. The van der Waals surface area contributed by atoms with E-state index in [0.29, 0.717) is 19.8 Å². The first-order valence-corrected chi connectivity index (χ1v) is 8.48. The van der Waals surface area contributed by atoms with Crippen LogP contribution in [-0.4, -0.2) is 30.6 Å². The summed E-state index contributed by atoms with van der Waals surface area (Å²) in [7, 11) is 0. The van der Waals surface area contributed by atoms with Gasteiger partial charge in [-0.15, -0.1) is 0 Å². The number of carbonyl (C=O) groups excluding carboxylic acids is 1. The molecular weight excluding hydrogens is 312 g/mol. The lowest BCUT2D eigenvalue weighted by Gasteiger charge is -2.27. The van der Waals surface area contributed by atoms with Crippen LogP contribution in [0.2, 0.25) is 5.02 Å². The number of hydrogen-bond acceptors (Lipinski definition) is 2. The summed E-state index contributed by atoms with van der Waals surface area (Å²) in [4.78, 5) is 15.6. The maximum Gasteiger partial charge on any atom is 0.223 e. The second-order valence-corrected chi connectivity index (χ2v) is 7.32. The number of benzene rings is 1. The van der Waals surface area contributed by atoms with E-state index < -0.39 is 0 Å². The fourth-order valence-electron chi connectivity index (χ4n) is 3.17. The van der Waals surface area contributed by atoms with Crippen molar-refractivity contribution >= 4 is 28.4 Å². The minimum Gasteiger partial charge on any atom is -0.381 e. The fraction of sp³-hybridized carbons (Fsp3) is 0.500. The SMILES string of the molecule is CC(C)(CNC(=O)C1CCOCC1)c1c[nH]c2cc(Cl)ccc12. The molecule has 23 heavy (non-hydrogen) atoms. The summed E-state index contributed by atoms with van der Waals surface area (Å²) in [5.74, 6) is 0.227. The van der Waals surface area contributed by atoms with Gasteiger partial charge in [-0.1, -0.05) is 31.5 Å². The van der Waals surface area contributed by atoms with E-state index in [9.17, 15) is 4.79 Å². The maximum absolute atomic E-state index is 12.3. The van der Waals surface area contributed by atoms with E-state index in [2.05, 4.69) is 24.1 Å². The van der Waals surface area contributed by atoms with E-state index in [1.54, 1.807) is 0 Å². The molecule has 0 bridgehead atoms. The van der Waals surface area contributed by atoms with Crippen LogP contribution in [-0.2, 0) is 14.9 Å². The smallest absolute Gasteiger partial charge is 0.223 e. The molecule has 1 fully saturated rings.